The van der Waals surface area contributed by atoms with Crippen molar-refractivity contribution >= 4 is 17.3 Å². The van der Waals surface area contributed by atoms with Gasteiger partial charge in [-0.1, -0.05) is 23.7 Å². The Labute approximate surface area is 155 Å². The summed E-state index contributed by atoms with van der Waals surface area (Å²) >= 11 is 5.91. The molecule has 1 atom stereocenters. The summed E-state index contributed by atoms with van der Waals surface area (Å²) in [6.07, 6.45) is 0. The lowest BCUT2D eigenvalue weighted by atomic mass is 10.2. The molecule has 8 heteroatoms. The van der Waals surface area contributed by atoms with Gasteiger partial charge in [0.25, 0.3) is 5.69 Å². The number of non-ortho nitro benzene ring substituents is 1. The molecule has 0 radical (unpaired) electrons. The summed E-state index contributed by atoms with van der Waals surface area (Å²) in [5.74, 6) is 0.816. The van der Waals surface area contributed by atoms with E-state index in [0.29, 0.717) is 28.9 Å². The standard InChI is InChI=1S/C18H17ClN4O3/c1-12(22(2)11-13-3-7-15(19)8-4-13)17-20-21-18(26-17)14-5-9-16(10-6-14)23(24)25/h3-10,12H,11H2,1-2H3. The SMILES string of the molecule is CC(c1nnc(-c2ccc([N+](=O)[O-])cc2)o1)N(C)Cc1ccc(Cl)cc1. The minimum Gasteiger partial charge on any atom is -0.419 e. The van der Waals surface area contributed by atoms with E-state index in [-0.39, 0.29) is 11.7 Å². The second kappa shape index (κ2) is 7.63. The van der Waals surface area contributed by atoms with Gasteiger partial charge in [0.2, 0.25) is 11.8 Å². The highest BCUT2D eigenvalue weighted by Gasteiger charge is 2.19. The lowest BCUT2D eigenvalue weighted by molar-refractivity contribution is -0.384. The molecular formula is C18H17ClN4O3. The van der Waals surface area contributed by atoms with Crippen molar-refractivity contribution in [2.75, 3.05) is 7.05 Å². The first kappa shape index (κ1) is 18.0. The zero-order valence-corrected chi connectivity index (χ0v) is 15.1. The normalized spacial score (nSPS) is 12.3. The van der Waals surface area contributed by atoms with Gasteiger partial charge in [-0.25, -0.2) is 0 Å². The number of aromatic nitrogens is 2. The summed E-state index contributed by atoms with van der Waals surface area (Å²) in [7, 11) is 1.97. The highest BCUT2D eigenvalue weighted by Crippen LogP contribution is 2.25. The number of hydrogen-bond acceptors (Lipinski definition) is 6. The monoisotopic (exact) mass is 372 g/mol. The van der Waals surface area contributed by atoms with Crippen LogP contribution in [0.25, 0.3) is 11.5 Å². The molecule has 3 aromatic rings. The second-order valence-electron chi connectivity index (χ2n) is 5.97. The van der Waals surface area contributed by atoms with E-state index >= 15 is 0 Å². The fraction of sp³-hybridized carbons (Fsp3) is 0.222. The zero-order valence-electron chi connectivity index (χ0n) is 14.3. The molecule has 134 valence electrons. The second-order valence-corrected chi connectivity index (χ2v) is 6.40. The first-order valence-electron chi connectivity index (χ1n) is 7.97. The Morgan fingerprint density at radius 3 is 2.42 bits per heavy atom. The maximum atomic E-state index is 10.7. The van der Waals surface area contributed by atoms with E-state index in [1.807, 2.05) is 38.2 Å². The zero-order chi connectivity index (χ0) is 18.7. The molecule has 0 aliphatic carbocycles. The van der Waals surface area contributed by atoms with Crippen molar-refractivity contribution < 1.29 is 9.34 Å². The molecule has 3 rings (SSSR count). The summed E-state index contributed by atoms with van der Waals surface area (Å²) in [6.45, 7) is 2.68. The van der Waals surface area contributed by atoms with Crippen LogP contribution in [-0.2, 0) is 6.54 Å². The third-order valence-electron chi connectivity index (χ3n) is 4.13. The number of rotatable bonds is 6. The van der Waals surface area contributed by atoms with Crippen LogP contribution in [0.1, 0.15) is 24.4 Å². The van der Waals surface area contributed by atoms with Crippen molar-refractivity contribution in [1.29, 1.82) is 0 Å². The number of hydrogen-bond donors (Lipinski definition) is 0. The van der Waals surface area contributed by atoms with Crippen LogP contribution in [0, 0.1) is 10.1 Å². The summed E-state index contributed by atoms with van der Waals surface area (Å²) in [5.41, 5.74) is 1.78. The van der Waals surface area contributed by atoms with Gasteiger partial charge in [0.1, 0.15) is 0 Å². The molecule has 0 saturated carbocycles. The van der Waals surface area contributed by atoms with E-state index in [1.54, 1.807) is 12.1 Å². The molecule has 2 aromatic carbocycles. The third kappa shape index (κ3) is 4.07. The Balaban J connectivity index is 1.71. The Kier molecular flexibility index (Phi) is 5.29. The van der Waals surface area contributed by atoms with Crippen LogP contribution in [0.4, 0.5) is 5.69 Å². The highest BCUT2D eigenvalue weighted by molar-refractivity contribution is 6.30. The van der Waals surface area contributed by atoms with Gasteiger partial charge in [0.15, 0.2) is 0 Å². The van der Waals surface area contributed by atoms with Crippen LogP contribution in [-0.4, -0.2) is 27.1 Å². The van der Waals surface area contributed by atoms with Crippen molar-refractivity contribution in [1.82, 2.24) is 15.1 Å². The van der Waals surface area contributed by atoms with Crippen molar-refractivity contribution in [2.24, 2.45) is 0 Å². The lowest BCUT2D eigenvalue weighted by Gasteiger charge is -2.21. The van der Waals surface area contributed by atoms with Gasteiger partial charge in [-0.2, -0.15) is 0 Å². The van der Waals surface area contributed by atoms with Crippen LogP contribution in [0.3, 0.4) is 0 Å². The molecule has 1 heterocycles. The Morgan fingerprint density at radius 1 is 1.15 bits per heavy atom. The van der Waals surface area contributed by atoms with Gasteiger partial charge in [0.05, 0.1) is 11.0 Å². The number of nitro groups is 1. The summed E-state index contributed by atoms with van der Waals surface area (Å²) in [5, 5.41) is 19.6. The molecule has 0 bridgehead atoms. The van der Waals surface area contributed by atoms with Gasteiger partial charge in [-0.3, -0.25) is 15.0 Å². The highest BCUT2D eigenvalue weighted by atomic mass is 35.5. The van der Waals surface area contributed by atoms with Crippen LogP contribution in [0.5, 0.6) is 0 Å². The summed E-state index contributed by atoms with van der Waals surface area (Å²) < 4.78 is 5.75. The first-order chi connectivity index (χ1) is 12.4. The van der Waals surface area contributed by atoms with Gasteiger partial charge >= 0.3 is 0 Å². The van der Waals surface area contributed by atoms with Gasteiger partial charge < -0.3 is 4.42 Å². The van der Waals surface area contributed by atoms with Crippen LogP contribution in [0.15, 0.2) is 52.9 Å². The number of nitro benzene ring substituents is 1. The predicted octanol–water partition coefficient (Wildman–Crippen LogP) is 4.49. The molecule has 0 saturated heterocycles. The molecule has 0 amide bonds. The van der Waals surface area contributed by atoms with Gasteiger partial charge in [-0.15, -0.1) is 10.2 Å². The van der Waals surface area contributed by atoms with Crippen molar-refractivity contribution in [2.45, 2.75) is 19.5 Å². The smallest absolute Gasteiger partial charge is 0.269 e. The molecule has 0 fully saturated rings. The molecule has 1 unspecified atom stereocenters. The molecule has 0 spiro atoms. The average molecular weight is 373 g/mol. The minimum absolute atomic E-state index is 0.0181. The van der Waals surface area contributed by atoms with Crippen LogP contribution < -0.4 is 0 Å². The van der Waals surface area contributed by atoms with Gasteiger partial charge in [-0.05, 0) is 43.8 Å². The first-order valence-corrected chi connectivity index (χ1v) is 8.35. The summed E-state index contributed by atoms with van der Waals surface area (Å²) in [4.78, 5) is 12.4. The lowest BCUT2D eigenvalue weighted by Crippen LogP contribution is -2.22. The van der Waals surface area contributed by atoms with E-state index in [4.69, 9.17) is 16.0 Å². The Bertz CT molecular complexity index is 894. The average Bonchev–Trinajstić information content (AvgIpc) is 3.13. The maximum absolute atomic E-state index is 10.7. The number of nitrogens with zero attached hydrogens (tertiary/aromatic N) is 4. The third-order valence-corrected chi connectivity index (χ3v) is 4.38. The quantitative estimate of drug-likeness (QED) is 0.468. The van der Waals surface area contributed by atoms with E-state index in [0.717, 1.165) is 5.56 Å². The molecule has 1 aromatic heterocycles. The largest absolute Gasteiger partial charge is 0.419 e. The molecule has 0 N–H and O–H groups in total. The molecule has 0 aliphatic rings. The van der Waals surface area contributed by atoms with Crippen LogP contribution >= 0.6 is 11.6 Å². The van der Waals surface area contributed by atoms with Crippen LogP contribution in [0.2, 0.25) is 5.02 Å². The van der Waals surface area contributed by atoms with E-state index in [2.05, 4.69) is 15.1 Å². The summed E-state index contributed by atoms with van der Waals surface area (Å²) in [6, 6.07) is 13.6. The maximum Gasteiger partial charge on any atom is 0.269 e. The molecule has 7 nitrogen and oxygen atoms in total. The molecule has 26 heavy (non-hydrogen) atoms. The van der Waals surface area contributed by atoms with Crippen molar-refractivity contribution in [3.05, 3.63) is 75.1 Å². The Morgan fingerprint density at radius 2 is 1.81 bits per heavy atom. The van der Waals surface area contributed by atoms with Crippen molar-refractivity contribution in [3.63, 3.8) is 0 Å². The number of benzene rings is 2. The van der Waals surface area contributed by atoms with E-state index in [9.17, 15) is 10.1 Å². The van der Waals surface area contributed by atoms with E-state index < -0.39 is 4.92 Å². The van der Waals surface area contributed by atoms with E-state index in [1.165, 1.54) is 12.1 Å². The van der Waals surface area contributed by atoms with Crippen molar-refractivity contribution in [3.8, 4) is 11.5 Å². The molecular weight excluding hydrogens is 356 g/mol. The Hall–Kier alpha value is -2.77. The molecule has 0 aliphatic heterocycles. The fourth-order valence-electron chi connectivity index (χ4n) is 2.45. The fourth-order valence-corrected chi connectivity index (χ4v) is 2.58. The minimum atomic E-state index is -0.448. The topological polar surface area (TPSA) is 85.3 Å². The van der Waals surface area contributed by atoms with Gasteiger partial charge in [0, 0.05) is 29.3 Å². The number of halogens is 1. The predicted molar refractivity (Wildman–Crippen MR) is 97.7 cm³/mol.